The lowest BCUT2D eigenvalue weighted by Crippen LogP contribution is -2.24. The van der Waals surface area contributed by atoms with E-state index in [1.54, 1.807) is 12.1 Å². The van der Waals surface area contributed by atoms with Crippen LogP contribution in [0.4, 0.5) is 4.20 Å². The summed E-state index contributed by atoms with van der Waals surface area (Å²) in [7, 11) is -2.84. The van der Waals surface area contributed by atoms with Gasteiger partial charge >= 0.3 is 8.69 Å². The highest BCUT2D eigenvalue weighted by Gasteiger charge is 2.27. The average Bonchev–Trinajstić information content (AvgIpc) is 2.13. The lowest BCUT2D eigenvalue weighted by molar-refractivity contribution is 0.284. The number of hydrogen-bond donors (Lipinski definition) is 1. The van der Waals surface area contributed by atoms with E-state index in [0.717, 1.165) is 6.42 Å². The molecule has 0 aliphatic carbocycles. The molecule has 0 saturated heterocycles. The second kappa shape index (κ2) is 5.54. The largest absolute Gasteiger partial charge is 0.436 e. The monoisotopic (exact) mass is 272 g/mol. The molecule has 0 aromatic heterocycles. The zero-order valence-corrected chi connectivity index (χ0v) is 12.6. The summed E-state index contributed by atoms with van der Waals surface area (Å²) in [5.74, 6) is 0.362. The first-order valence-electron chi connectivity index (χ1n) is 6.03. The molecular weight excluding hydrogens is 250 g/mol. The van der Waals surface area contributed by atoms with Gasteiger partial charge in [0.2, 0.25) is 0 Å². The van der Waals surface area contributed by atoms with Crippen LogP contribution in [0, 0.1) is 5.41 Å². The molecule has 0 spiro atoms. The topological polar surface area (TPSA) is 29.5 Å². The average molecular weight is 272 g/mol. The Balaban J connectivity index is 2.84. The Morgan fingerprint density at radius 1 is 1.11 bits per heavy atom. The van der Waals surface area contributed by atoms with Crippen LogP contribution in [0.15, 0.2) is 24.3 Å². The molecule has 0 saturated carbocycles. The maximum absolute atomic E-state index is 12.3. The fraction of sp³-hybridized carbons (Fsp3) is 0.571. The minimum atomic E-state index is -2.84. The quantitative estimate of drug-likeness (QED) is 0.784. The smallest absolute Gasteiger partial charge is 0.424 e. The molecule has 102 valence electrons. The van der Waals surface area contributed by atoms with E-state index in [1.165, 1.54) is 5.56 Å². The van der Waals surface area contributed by atoms with Crippen molar-refractivity contribution in [3.05, 3.63) is 29.8 Å². The second-order valence-electron chi connectivity index (χ2n) is 6.46. The summed E-state index contributed by atoms with van der Waals surface area (Å²) in [4.78, 5) is 8.56. The van der Waals surface area contributed by atoms with Gasteiger partial charge in [-0.05, 0) is 34.9 Å². The number of benzene rings is 1. The summed E-state index contributed by atoms with van der Waals surface area (Å²) in [6.07, 6.45) is 1.05. The van der Waals surface area contributed by atoms with Gasteiger partial charge in [0.05, 0.1) is 0 Å². The molecular formula is C14H22FO2P. The van der Waals surface area contributed by atoms with Gasteiger partial charge in [-0.1, -0.05) is 46.8 Å². The lowest BCUT2D eigenvalue weighted by Gasteiger charge is -2.33. The van der Waals surface area contributed by atoms with Crippen molar-refractivity contribution in [3.63, 3.8) is 0 Å². The fourth-order valence-corrected chi connectivity index (χ4v) is 2.78. The molecule has 0 amide bonds. The maximum atomic E-state index is 12.3. The van der Waals surface area contributed by atoms with Crippen LogP contribution < -0.4 is 4.52 Å². The molecule has 2 nitrogen and oxygen atoms in total. The number of rotatable bonds is 4. The van der Waals surface area contributed by atoms with E-state index in [9.17, 15) is 4.20 Å². The molecule has 4 heteroatoms. The molecule has 0 bridgehead atoms. The minimum Gasteiger partial charge on any atom is -0.424 e. The first-order valence-corrected chi connectivity index (χ1v) is 7.14. The predicted octanol–water partition coefficient (Wildman–Crippen LogP) is 4.97. The molecule has 1 unspecified atom stereocenters. The van der Waals surface area contributed by atoms with Crippen molar-refractivity contribution in [3.8, 4) is 5.75 Å². The van der Waals surface area contributed by atoms with Crippen molar-refractivity contribution in [2.45, 2.75) is 46.5 Å². The summed E-state index contributed by atoms with van der Waals surface area (Å²) < 4.78 is 17.0. The third-order valence-electron chi connectivity index (χ3n) is 2.79. The Kier molecular flexibility index (Phi) is 4.74. The third kappa shape index (κ3) is 4.91. The van der Waals surface area contributed by atoms with Crippen LogP contribution in [-0.4, -0.2) is 4.89 Å². The van der Waals surface area contributed by atoms with Crippen LogP contribution in [0.2, 0.25) is 0 Å². The highest BCUT2D eigenvalue weighted by atomic mass is 31.2. The second-order valence-corrected chi connectivity index (χ2v) is 7.10. The van der Waals surface area contributed by atoms with Crippen LogP contribution in [0.5, 0.6) is 5.75 Å². The zero-order valence-electron chi connectivity index (χ0n) is 11.7. The molecule has 0 aliphatic rings. The molecule has 1 aromatic rings. The molecule has 1 rings (SSSR count). The van der Waals surface area contributed by atoms with E-state index in [4.69, 9.17) is 4.89 Å². The van der Waals surface area contributed by atoms with Gasteiger partial charge in [0, 0.05) is 0 Å². The van der Waals surface area contributed by atoms with Gasteiger partial charge in [0.25, 0.3) is 0 Å². The molecule has 1 N–H and O–H groups in total. The summed E-state index contributed by atoms with van der Waals surface area (Å²) in [5, 5.41) is 0. The van der Waals surface area contributed by atoms with Crippen LogP contribution in [0.25, 0.3) is 0 Å². The SMILES string of the molecule is CC(C)(C)CC(C)(C)c1ccc(OP(O)F)cc1. The van der Waals surface area contributed by atoms with Crippen molar-refractivity contribution in [1.29, 1.82) is 0 Å². The van der Waals surface area contributed by atoms with E-state index in [0.29, 0.717) is 5.75 Å². The predicted molar refractivity (Wildman–Crippen MR) is 74.4 cm³/mol. The van der Waals surface area contributed by atoms with Crippen LogP contribution in [0.1, 0.15) is 46.6 Å². The zero-order chi connectivity index (χ0) is 14.0. The Morgan fingerprint density at radius 3 is 2.00 bits per heavy atom. The minimum absolute atomic E-state index is 0.0520. The Hall–Kier alpha value is -0.660. The molecule has 0 aliphatic heterocycles. The van der Waals surface area contributed by atoms with Crippen molar-refractivity contribution in [1.82, 2.24) is 0 Å². The van der Waals surface area contributed by atoms with Gasteiger partial charge in [-0.3, -0.25) is 0 Å². The summed E-state index contributed by atoms with van der Waals surface area (Å²) in [6.45, 7) is 11.0. The van der Waals surface area contributed by atoms with Gasteiger partial charge in [0.1, 0.15) is 5.75 Å². The summed E-state index contributed by atoms with van der Waals surface area (Å²) in [5.41, 5.74) is 1.49. The fourth-order valence-electron chi connectivity index (χ4n) is 2.48. The normalized spacial score (nSPS) is 14.4. The lowest BCUT2D eigenvalue weighted by atomic mass is 9.72. The Labute approximate surface area is 110 Å². The number of hydrogen-bond acceptors (Lipinski definition) is 2. The molecule has 18 heavy (non-hydrogen) atoms. The van der Waals surface area contributed by atoms with Gasteiger partial charge in [0.15, 0.2) is 0 Å². The highest BCUT2D eigenvalue weighted by Crippen LogP contribution is 2.38. The van der Waals surface area contributed by atoms with Crippen molar-refractivity contribution in [2.24, 2.45) is 5.41 Å². The van der Waals surface area contributed by atoms with Crippen LogP contribution in [-0.2, 0) is 5.41 Å². The van der Waals surface area contributed by atoms with Crippen LogP contribution >= 0.6 is 8.69 Å². The molecule has 0 fully saturated rings. The van der Waals surface area contributed by atoms with Gasteiger partial charge in [-0.25, -0.2) is 0 Å². The highest BCUT2D eigenvalue weighted by molar-refractivity contribution is 7.40. The molecule has 0 radical (unpaired) electrons. The van der Waals surface area contributed by atoms with E-state index < -0.39 is 8.69 Å². The standard InChI is InChI=1S/C14H22FO2P/c1-13(2,3)10-14(4,5)11-6-8-12(9-7-11)17-18(15)16/h6-9,16H,10H2,1-5H3. The van der Waals surface area contributed by atoms with E-state index >= 15 is 0 Å². The summed E-state index contributed by atoms with van der Waals surface area (Å²) in [6, 6.07) is 7.26. The first kappa shape index (κ1) is 15.4. The van der Waals surface area contributed by atoms with Gasteiger partial charge < -0.3 is 9.42 Å². The van der Waals surface area contributed by atoms with Crippen molar-refractivity contribution >= 4 is 8.69 Å². The van der Waals surface area contributed by atoms with Crippen LogP contribution in [0.3, 0.4) is 0 Å². The molecule has 0 heterocycles. The maximum Gasteiger partial charge on any atom is 0.436 e. The molecule has 1 atom stereocenters. The Bertz CT molecular complexity index is 380. The number of halogens is 1. The van der Waals surface area contributed by atoms with Crippen molar-refractivity contribution < 1.29 is 13.6 Å². The van der Waals surface area contributed by atoms with E-state index in [1.807, 2.05) is 12.1 Å². The van der Waals surface area contributed by atoms with E-state index in [-0.39, 0.29) is 10.8 Å². The summed E-state index contributed by atoms with van der Waals surface area (Å²) >= 11 is 0. The van der Waals surface area contributed by atoms with Gasteiger partial charge in [-0.2, -0.15) is 0 Å². The van der Waals surface area contributed by atoms with Gasteiger partial charge in [-0.15, -0.1) is 4.20 Å². The van der Waals surface area contributed by atoms with Crippen molar-refractivity contribution in [2.75, 3.05) is 0 Å². The third-order valence-corrected chi connectivity index (χ3v) is 3.15. The van der Waals surface area contributed by atoms with E-state index in [2.05, 4.69) is 39.1 Å². The Morgan fingerprint density at radius 2 is 1.61 bits per heavy atom. The first-order chi connectivity index (χ1) is 8.10. The molecule has 1 aromatic carbocycles.